The summed E-state index contributed by atoms with van der Waals surface area (Å²) in [5.74, 6) is 3.68. The molecule has 98 valence electrons. The smallest absolute Gasteiger partial charge is 0.136 e. The van der Waals surface area contributed by atoms with Gasteiger partial charge in [-0.25, -0.2) is 0 Å². The van der Waals surface area contributed by atoms with Crippen LogP contribution in [0.25, 0.3) is 0 Å². The molecule has 0 radical (unpaired) electrons. The van der Waals surface area contributed by atoms with Crippen molar-refractivity contribution in [2.45, 2.75) is 50.7 Å². The Morgan fingerprint density at radius 3 is 2.33 bits per heavy atom. The zero-order valence-electron chi connectivity index (χ0n) is 10.6. The topological polar surface area (TPSA) is 29.5 Å². The summed E-state index contributed by atoms with van der Waals surface area (Å²) in [6.45, 7) is 0.110. The second-order valence-corrected chi connectivity index (χ2v) is 7.57. The van der Waals surface area contributed by atoms with E-state index in [4.69, 9.17) is 4.74 Å². The standard InChI is InChI=1S/C15H20O2S/c16-9-14-13(1-2-18-14)17-15-6-10-3-11(7-15)5-12(4-10)8-15/h1-2,10-12,16H,3-9H2. The van der Waals surface area contributed by atoms with E-state index >= 15 is 0 Å². The van der Waals surface area contributed by atoms with Crippen LogP contribution in [0.1, 0.15) is 43.4 Å². The van der Waals surface area contributed by atoms with Crippen molar-refractivity contribution < 1.29 is 9.84 Å². The fourth-order valence-corrected chi connectivity index (χ4v) is 5.58. The molecular weight excluding hydrogens is 244 g/mol. The van der Waals surface area contributed by atoms with Gasteiger partial charge >= 0.3 is 0 Å². The van der Waals surface area contributed by atoms with Crippen LogP contribution in [0.15, 0.2) is 11.4 Å². The molecule has 0 aliphatic heterocycles. The zero-order chi connectivity index (χ0) is 12.2. The summed E-state index contributed by atoms with van der Waals surface area (Å²) in [5.41, 5.74) is 0.111. The van der Waals surface area contributed by atoms with Crippen molar-refractivity contribution in [3.8, 4) is 5.75 Å². The number of ether oxygens (including phenoxy) is 1. The first-order valence-electron chi connectivity index (χ1n) is 7.12. The monoisotopic (exact) mass is 264 g/mol. The summed E-state index contributed by atoms with van der Waals surface area (Å²) >= 11 is 1.60. The number of thiophene rings is 1. The molecule has 0 aromatic carbocycles. The molecule has 0 unspecified atom stereocenters. The Bertz CT molecular complexity index is 416. The lowest BCUT2D eigenvalue weighted by atomic mass is 9.54. The highest BCUT2D eigenvalue weighted by molar-refractivity contribution is 7.10. The number of rotatable bonds is 3. The maximum atomic E-state index is 9.35. The molecule has 1 aromatic rings. The van der Waals surface area contributed by atoms with Crippen LogP contribution in [0, 0.1) is 17.8 Å². The predicted octanol–water partition coefficient (Wildman–Crippen LogP) is 3.59. The number of hydrogen-bond acceptors (Lipinski definition) is 3. The molecule has 0 saturated heterocycles. The third-order valence-corrected chi connectivity index (χ3v) is 6.04. The van der Waals surface area contributed by atoms with E-state index in [0.29, 0.717) is 0 Å². The van der Waals surface area contributed by atoms with Crippen LogP contribution in [0.5, 0.6) is 5.75 Å². The van der Waals surface area contributed by atoms with Gasteiger partial charge in [0.15, 0.2) is 0 Å². The number of aliphatic hydroxyl groups excluding tert-OH is 1. The Labute approximate surface area is 112 Å². The average Bonchev–Trinajstić information content (AvgIpc) is 2.73. The molecule has 4 aliphatic carbocycles. The molecule has 0 atom stereocenters. The Morgan fingerprint density at radius 1 is 1.17 bits per heavy atom. The lowest BCUT2D eigenvalue weighted by Crippen LogP contribution is -2.53. The fraction of sp³-hybridized carbons (Fsp3) is 0.733. The highest BCUT2D eigenvalue weighted by atomic mass is 32.1. The first-order chi connectivity index (χ1) is 8.76. The van der Waals surface area contributed by atoms with Crippen molar-refractivity contribution in [2.24, 2.45) is 17.8 Å². The van der Waals surface area contributed by atoms with Gasteiger partial charge in [0.05, 0.1) is 11.5 Å². The van der Waals surface area contributed by atoms with Gasteiger partial charge in [-0.05, 0) is 67.7 Å². The van der Waals surface area contributed by atoms with E-state index in [2.05, 4.69) is 0 Å². The summed E-state index contributed by atoms with van der Waals surface area (Å²) in [4.78, 5) is 0.991. The third kappa shape index (κ3) is 1.71. The zero-order valence-corrected chi connectivity index (χ0v) is 11.4. The van der Waals surface area contributed by atoms with Gasteiger partial charge in [0.2, 0.25) is 0 Å². The summed E-state index contributed by atoms with van der Waals surface area (Å²) in [7, 11) is 0. The molecular formula is C15H20O2S. The maximum Gasteiger partial charge on any atom is 0.136 e. The van der Waals surface area contributed by atoms with Gasteiger partial charge in [-0.1, -0.05) is 0 Å². The van der Waals surface area contributed by atoms with Gasteiger partial charge < -0.3 is 9.84 Å². The third-order valence-electron chi connectivity index (χ3n) is 5.16. The molecule has 3 heteroatoms. The average molecular weight is 264 g/mol. The quantitative estimate of drug-likeness (QED) is 0.904. The van der Waals surface area contributed by atoms with Crippen molar-refractivity contribution in [2.75, 3.05) is 0 Å². The summed E-state index contributed by atoms with van der Waals surface area (Å²) < 4.78 is 6.43. The Kier molecular flexibility index (Phi) is 2.50. The largest absolute Gasteiger partial charge is 0.486 e. The number of aliphatic hydroxyl groups is 1. The van der Waals surface area contributed by atoms with Crippen molar-refractivity contribution >= 4 is 11.3 Å². The molecule has 1 aromatic heterocycles. The van der Waals surface area contributed by atoms with Crippen LogP contribution >= 0.6 is 11.3 Å². The van der Waals surface area contributed by atoms with Crippen molar-refractivity contribution in [1.82, 2.24) is 0 Å². The second kappa shape index (κ2) is 3.97. The molecule has 4 saturated carbocycles. The van der Waals surface area contributed by atoms with Crippen molar-refractivity contribution in [1.29, 1.82) is 0 Å². The second-order valence-electron chi connectivity index (χ2n) is 6.57. The summed E-state index contributed by atoms with van der Waals surface area (Å²) in [6.07, 6.45) is 8.08. The van der Waals surface area contributed by atoms with Crippen LogP contribution in [0.3, 0.4) is 0 Å². The Morgan fingerprint density at radius 2 is 1.78 bits per heavy atom. The molecule has 4 fully saturated rings. The first kappa shape index (κ1) is 11.3. The van der Waals surface area contributed by atoms with E-state index < -0.39 is 0 Å². The molecule has 4 aliphatic rings. The van der Waals surface area contributed by atoms with Gasteiger partial charge in [0.25, 0.3) is 0 Å². The lowest BCUT2D eigenvalue weighted by molar-refractivity contribution is -0.108. The van der Waals surface area contributed by atoms with Gasteiger partial charge in [-0.2, -0.15) is 0 Å². The number of hydrogen-bond donors (Lipinski definition) is 1. The SMILES string of the molecule is OCc1sccc1OC12CC3CC(CC(C3)C1)C2. The van der Waals surface area contributed by atoms with Crippen molar-refractivity contribution in [3.05, 3.63) is 16.3 Å². The highest BCUT2D eigenvalue weighted by Crippen LogP contribution is 2.57. The Balaban J connectivity index is 1.61. The normalized spacial score (nSPS) is 41.3. The maximum absolute atomic E-state index is 9.35. The molecule has 18 heavy (non-hydrogen) atoms. The molecule has 4 bridgehead atoms. The van der Waals surface area contributed by atoms with Crippen LogP contribution in [-0.2, 0) is 6.61 Å². The first-order valence-corrected chi connectivity index (χ1v) is 8.00. The van der Waals surface area contributed by atoms with Gasteiger partial charge in [-0.15, -0.1) is 11.3 Å². The van der Waals surface area contributed by atoms with Gasteiger partial charge in [0.1, 0.15) is 11.4 Å². The van der Waals surface area contributed by atoms with Crippen LogP contribution in [-0.4, -0.2) is 10.7 Å². The van der Waals surface area contributed by atoms with Crippen LogP contribution in [0.4, 0.5) is 0 Å². The van der Waals surface area contributed by atoms with E-state index in [1.165, 1.54) is 38.5 Å². The van der Waals surface area contributed by atoms with Gasteiger partial charge in [0, 0.05) is 0 Å². The highest BCUT2D eigenvalue weighted by Gasteiger charge is 2.52. The minimum atomic E-state index is 0.110. The summed E-state index contributed by atoms with van der Waals surface area (Å²) in [5, 5.41) is 11.4. The van der Waals surface area contributed by atoms with E-state index in [1.807, 2.05) is 11.4 Å². The lowest BCUT2D eigenvalue weighted by Gasteiger charge is -2.56. The van der Waals surface area contributed by atoms with Gasteiger partial charge in [-0.3, -0.25) is 0 Å². The van der Waals surface area contributed by atoms with E-state index in [0.717, 1.165) is 28.4 Å². The molecule has 0 amide bonds. The minimum absolute atomic E-state index is 0.110. The molecule has 1 N–H and O–H groups in total. The minimum Gasteiger partial charge on any atom is -0.486 e. The molecule has 2 nitrogen and oxygen atoms in total. The molecule has 1 heterocycles. The van der Waals surface area contributed by atoms with E-state index in [-0.39, 0.29) is 12.2 Å². The van der Waals surface area contributed by atoms with Crippen molar-refractivity contribution in [3.63, 3.8) is 0 Å². The summed E-state index contributed by atoms with van der Waals surface area (Å²) in [6, 6.07) is 2.04. The van der Waals surface area contributed by atoms with Crippen LogP contribution < -0.4 is 4.74 Å². The predicted molar refractivity (Wildman–Crippen MR) is 71.8 cm³/mol. The molecule has 5 rings (SSSR count). The molecule has 0 spiro atoms. The fourth-order valence-electron chi connectivity index (χ4n) is 4.92. The van der Waals surface area contributed by atoms with E-state index in [9.17, 15) is 5.11 Å². The van der Waals surface area contributed by atoms with Crippen LogP contribution in [0.2, 0.25) is 0 Å². The van der Waals surface area contributed by atoms with E-state index in [1.54, 1.807) is 11.3 Å². The Hall–Kier alpha value is -0.540.